The number of rotatable bonds is 3. The molecule has 70 valence electrons. The molecule has 0 radical (unpaired) electrons. The Morgan fingerprint density at radius 2 is 2.33 bits per heavy atom. The van der Waals surface area contributed by atoms with E-state index >= 15 is 0 Å². The van der Waals surface area contributed by atoms with E-state index in [0.717, 1.165) is 0 Å². The minimum absolute atomic E-state index is 0.0276. The van der Waals surface area contributed by atoms with Crippen molar-refractivity contribution in [2.75, 3.05) is 6.61 Å². The number of ether oxygens (including phenoxy) is 1. The van der Waals surface area contributed by atoms with E-state index in [4.69, 9.17) is 15.7 Å². The summed E-state index contributed by atoms with van der Waals surface area (Å²) in [6.07, 6.45) is 3.26. The first-order valence-corrected chi connectivity index (χ1v) is 3.76. The summed E-state index contributed by atoms with van der Waals surface area (Å²) in [5.41, 5.74) is 5.49. The Hall–Kier alpha value is -0.460. The Labute approximate surface area is 70.6 Å². The average Bonchev–Trinajstić information content (AvgIpc) is 2.03. The van der Waals surface area contributed by atoms with Crippen LogP contribution in [0.25, 0.3) is 0 Å². The molecule has 5 heteroatoms. The molecule has 1 rings (SSSR count). The maximum Gasteiger partial charge on any atom is 0.125 e. The van der Waals surface area contributed by atoms with Crippen LogP contribution in [0.3, 0.4) is 0 Å². The fraction of sp³-hybridized carbons (Fsp3) is 0.714. The quantitative estimate of drug-likeness (QED) is 0.366. The van der Waals surface area contributed by atoms with Crippen molar-refractivity contribution in [3.05, 3.63) is 12.2 Å². The first-order chi connectivity index (χ1) is 5.74. The zero-order valence-electron chi connectivity index (χ0n) is 6.84. The molecule has 0 spiro atoms. The summed E-state index contributed by atoms with van der Waals surface area (Å²) in [4.78, 5) is 4.36. The molecule has 3 atom stereocenters. The molecule has 12 heavy (non-hydrogen) atoms. The Balaban J connectivity index is 2.37. The van der Waals surface area contributed by atoms with Crippen molar-refractivity contribution in [2.45, 2.75) is 19.3 Å². The van der Waals surface area contributed by atoms with Gasteiger partial charge in [0.15, 0.2) is 0 Å². The summed E-state index contributed by atoms with van der Waals surface area (Å²) in [6, 6.07) is 0. The van der Waals surface area contributed by atoms with Crippen molar-refractivity contribution in [1.29, 1.82) is 0 Å². The standard InChI is InChI=1S/C7H13NO4/c1-5-6(4-10-12-9)2-3-7(8)11-5/h2-3,5-7,9H,4,8H2,1H3. The van der Waals surface area contributed by atoms with Crippen LogP contribution in [0.5, 0.6) is 0 Å². The average molecular weight is 175 g/mol. The molecule has 1 aliphatic rings. The summed E-state index contributed by atoms with van der Waals surface area (Å²) in [5, 5.41) is 11.4. The molecule has 0 amide bonds. The van der Waals surface area contributed by atoms with Crippen LogP contribution in [0.2, 0.25) is 0 Å². The van der Waals surface area contributed by atoms with Gasteiger partial charge in [-0.15, -0.1) is 0 Å². The zero-order chi connectivity index (χ0) is 8.97. The van der Waals surface area contributed by atoms with Crippen LogP contribution in [0, 0.1) is 5.92 Å². The Kier molecular flexibility index (Phi) is 3.64. The van der Waals surface area contributed by atoms with Gasteiger partial charge in [-0.25, -0.2) is 10.1 Å². The van der Waals surface area contributed by atoms with E-state index in [1.165, 1.54) is 0 Å². The van der Waals surface area contributed by atoms with Gasteiger partial charge in [0.1, 0.15) is 6.23 Å². The van der Waals surface area contributed by atoms with Crippen LogP contribution in [-0.4, -0.2) is 24.2 Å². The predicted molar refractivity (Wildman–Crippen MR) is 40.8 cm³/mol. The lowest BCUT2D eigenvalue weighted by Crippen LogP contribution is -2.36. The fourth-order valence-electron chi connectivity index (χ4n) is 1.10. The lowest BCUT2D eigenvalue weighted by molar-refractivity contribution is -0.493. The van der Waals surface area contributed by atoms with E-state index in [-0.39, 0.29) is 24.9 Å². The number of nitrogens with two attached hydrogens (primary N) is 1. The molecule has 1 aliphatic heterocycles. The summed E-state index contributed by atoms with van der Waals surface area (Å²) >= 11 is 0. The van der Waals surface area contributed by atoms with E-state index in [0.29, 0.717) is 0 Å². The monoisotopic (exact) mass is 175 g/mol. The van der Waals surface area contributed by atoms with Crippen LogP contribution >= 0.6 is 0 Å². The largest absolute Gasteiger partial charge is 0.356 e. The summed E-state index contributed by atoms with van der Waals surface area (Å²) < 4.78 is 5.27. The lowest BCUT2D eigenvalue weighted by Gasteiger charge is -2.26. The number of hydrogen-bond donors (Lipinski definition) is 2. The minimum atomic E-state index is -0.341. The third-order valence-corrected chi connectivity index (χ3v) is 1.84. The Bertz CT molecular complexity index is 161. The molecule has 0 fully saturated rings. The van der Waals surface area contributed by atoms with Gasteiger partial charge in [-0.3, -0.25) is 0 Å². The van der Waals surface area contributed by atoms with Gasteiger partial charge in [0.25, 0.3) is 0 Å². The van der Waals surface area contributed by atoms with Gasteiger partial charge in [0.05, 0.1) is 12.7 Å². The van der Waals surface area contributed by atoms with Gasteiger partial charge >= 0.3 is 0 Å². The summed E-state index contributed by atoms with van der Waals surface area (Å²) in [7, 11) is 0. The van der Waals surface area contributed by atoms with Gasteiger partial charge in [0, 0.05) is 5.92 Å². The first-order valence-electron chi connectivity index (χ1n) is 3.76. The van der Waals surface area contributed by atoms with E-state index in [1.54, 1.807) is 6.08 Å². The topological polar surface area (TPSA) is 73.9 Å². The number of hydrogen-bond acceptors (Lipinski definition) is 5. The predicted octanol–water partition coefficient (Wildman–Crippen LogP) is 0.284. The third kappa shape index (κ3) is 2.54. The van der Waals surface area contributed by atoms with Gasteiger partial charge in [0.2, 0.25) is 0 Å². The molecule has 3 N–H and O–H groups in total. The summed E-state index contributed by atoms with van der Waals surface area (Å²) in [6.45, 7) is 2.13. The Morgan fingerprint density at radius 3 is 2.92 bits per heavy atom. The van der Waals surface area contributed by atoms with Gasteiger partial charge < -0.3 is 10.5 Å². The molecular formula is C7H13NO4. The van der Waals surface area contributed by atoms with Gasteiger partial charge in [-0.05, 0) is 13.0 Å². The normalized spacial score (nSPS) is 35.4. The van der Waals surface area contributed by atoms with E-state index in [1.807, 2.05) is 13.0 Å². The fourth-order valence-corrected chi connectivity index (χ4v) is 1.10. The SMILES string of the molecule is CC1OC(N)C=CC1COOO. The van der Waals surface area contributed by atoms with E-state index in [9.17, 15) is 0 Å². The Morgan fingerprint density at radius 1 is 1.58 bits per heavy atom. The van der Waals surface area contributed by atoms with Crippen molar-refractivity contribution < 1.29 is 19.9 Å². The van der Waals surface area contributed by atoms with Crippen LogP contribution in [0.4, 0.5) is 0 Å². The molecule has 0 aliphatic carbocycles. The van der Waals surface area contributed by atoms with Gasteiger partial charge in [-0.2, -0.15) is 0 Å². The second-order valence-electron chi connectivity index (χ2n) is 2.71. The highest BCUT2D eigenvalue weighted by atomic mass is 17.5. The van der Waals surface area contributed by atoms with Crippen molar-refractivity contribution in [2.24, 2.45) is 11.7 Å². The molecule has 1 heterocycles. The van der Waals surface area contributed by atoms with Crippen molar-refractivity contribution in [3.8, 4) is 0 Å². The highest BCUT2D eigenvalue weighted by Crippen LogP contribution is 2.16. The van der Waals surface area contributed by atoms with Crippen molar-refractivity contribution in [1.82, 2.24) is 0 Å². The van der Waals surface area contributed by atoms with Crippen LogP contribution in [0.15, 0.2) is 12.2 Å². The lowest BCUT2D eigenvalue weighted by atomic mass is 10.0. The molecule has 0 bridgehead atoms. The highest BCUT2D eigenvalue weighted by Gasteiger charge is 2.21. The maximum atomic E-state index is 7.92. The van der Waals surface area contributed by atoms with Crippen molar-refractivity contribution >= 4 is 0 Å². The zero-order valence-corrected chi connectivity index (χ0v) is 6.84. The molecule has 0 aromatic carbocycles. The van der Waals surface area contributed by atoms with Crippen molar-refractivity contribution in [3.63, 3.8) is 0 Å². The highest BCUT2D eigenvalue weighted by molar-refractivity contribution is 4.98. The molecule has 0 saturated heterocycles. The van der Waals surface area contributed by atoms with Crippen LogP contribution in [-0.2, 0) is 14.7 Å². The molecule has 0 aromatic rings. The molecule has 0 aromatic heterocycles. The minimum Gasteiger partial charge on any atom is -0.356 e. The second kappa shape index (κ2) is 4.54. The second-order valence-corrected chi connectivity index (χ2v) is 2.71. The third-order valence-electron chi connectivity index (χ3n) is 1.84. The summed E-state index contributed by atoms with van der Waals surface area (Å²) in [5.74, 6) is 0.0666. The van der Waals surface area contributed by atoms with E-state index in [2.05, 4.69) is 9.93 Å². The van der Waals surface area contributed by atoms with Crippen LogP contribution in [0.1, 0.15) is 6.92 Å². The maximum absolute atomic E-state index is 7.92. The van der Waals surface area contributed by atoms with Gasteiger partial charge in [-0.1, -0.05) is 11.1 Å². The molecule has 3 unspecified atom stereocenters. The van der Waals surface area contributed by atoms with Crippen LogP contribution < -0.4 is 5.73 Å². The smallest absolute Gasteiger partial charge is 0.125 e. The molecular weight excluding hydrogens is 162 g/mol. The molecule has 5 nitrogen and oxygen atoms in total. The molecule has 0 saturated carbocycles. The first kappa shape index (κ1) is 9.63. The van der Waals surface area contributed by atoms with E-state index < -0.39 is 0 Å².